The molecule has 0 saturated carbocycles. The van der Waals surface area contributed by atoms with E-state index in [-0.39, 0.29) is 17.7 Å². The molecule has 0 atom stereocenters. The molecule has 1 saturated heterocycles. The van der Waals surface area contributed by atoms with Gasteiger partial charge in [0.1, 0.15) is 0 Å². The molecule has 1 aliphatic heterocycles. The summed E-state index contributed by atoms with van der Waals surface area (Å²) in [4.78, 5) is 25.8. The van der Waals surface area contributed by atoms with Gasteiger partial charge in [0.2, 0.25) is 5.91 Å². The van der Waals surface area contributed by atoms with Crippen LogP contribution in [0.25, 0.3) is 0 Å². The number of halogens is 2. The van der Waals surface area contributed by atoms with Gasteiger partial charge in [-0.2, -0.15) is 0 Å². The number of rotatable bonds is 2. The molecule has 2 rings (SSSR count). The molecular weight excluding hydrogens is 344 g/mol. The Morgan fingerprint density at radius 3 is 2.60 bits per heavy atom. The van der Waals surface area contributed by atoms with Gasteiger partial charge in [-0.1, -0.05) is 27.5 Å². The van der Waals surface area contributed by atoms with E-state index in [0.29, 0.717) is 36.5 Å². The van der Waals surface area contributed by atoms with E-state index in [1.807, 2.05) is 0 Å². The van der Waals surface area contributed by atoms with E-state index in [4.69, 9.17) is 11.6 Å². The minimum atomic E-state index is -0.0772. The Labute approximate surface area is 131 Å². The summed E-state index contributed by atoms with van der Waals surface area (Å²) < 4.78 is 0.825. The highest BCUT2D eigenvalue weighted by Gasteiger charge is 2.28. The lowest BCUT2D eigenvalue weighted by Crippen LogP contribution is -2.42. The molecule has 1 aliphatic rings. The molecule has 2 amide bonds. The molecular formula is C14H16BrClN2O2. The van der Waals surface area contributed by atoms with E-state index in [9.17, 15) is 9.59 Å². The Morgan fingerprint density at radius 2 is 2.00 bits per heavy atom. The fourth-order valence-corrected chi connectivity index (χ4v) is 2.94. The summed E-state index contributed by atoms with van der Waals surface area (Å²) in [5.74, 6) is -0.0220. The van der Waals surface area contributed by atoms with E-state index in [1.165, 1.54) is 0 Å². The first-order valence-corrected chi connectivity index (χ1v) is 7.66. The maximum absolute atomic E-state index is 12.4. The highest BCUT2D eigenvalue weighted by atomic mass is 79.9. The van der Waals surface area contributed by atoms with Crippen molar-refractivity contribution >= 4 is 39.3 Å². The molecule has 0 radical (unpaired) electrons. The molecule has 108 valence electrons. The number of nitrogens with zero attached hydrogens (tertiary/aromatic N) is 1. The third kappa shape index (κ3) is 3.33. The number of benzene rings is 1. The minimum Gasteiger partial charge on any atom is -0.359 e. The third-order valence-corrected chi connectivity index (χ3v) is 4.38. The molecule has 0 aliphatic carbocycles. The van der Waals surface area contributed by atoms with Crippen LogP contribution in [0.4, 0.5) is 0 Å². The van der Waals surface area contributed by atoms with Crippen molar-refractivity contribution < 1.29 is 9.59 Å². The Morgan fingerprint density at radius 1 is 1.35 bits per heavy atom. The zero-order valence-electron chi connectivity index (χ0n) is 11.2. The van der Waals surface area contributed by atoms with E-state index < -0.39 is 0 Å². The maximum Gasteiger partial charge on any atom is 0.255 e. The van der Waals surface area contributed by atoms with Gasteiger partial charge in [-0.3, -0.25) is 9.59 Å². The van der Waals surface area contributed by atoms with Crippen LogP contribution in [0.5, 0.6) is 0 Å². The van der Waals surface area contributed by atoms with Gasteiger partial charge in [-0.25, -0.2) is 0 Å². The predicted octanol–water partition coefficient (Wildman–Crippen LogP) is 2.70. The predicted molar refractivity (Wildman–Crippen MR) is 81.8 cm³/mol. The second-order valence-electron chi connectivity index (χ2n) is 4.80. The zero-order chi connectivity index (χ0) is 14.7. The van der Waals surface area contributed by atoms with E-state index in [2.05, 4.69) is 21.2 Å². The highest BCUT2D eigenvalue weighted by Crippen LogP contribution is 2.25. The van der Waals surface area contributed by atoms with Gasteiger partial charge in [0.15, 0.2) is 0 Å². The van der Waals surface area contributed by atoms with Crippen molar-refractivity contribution in [3.63, 3.8) is 0 Å². The van der Waals surface area contributed by atoms with Gasteiger partial charge in [0.05, 0.1) is 10.6 Å². The summed E-state index contributed by atoms with van der Waals surface area (Å²) in [5.41, 5.74) is 0.499. The number of amides is 2. The van der Waals surface area contributed by atoms with Gasteiger partial charge >= 0.3 is 0 Å². The van der Waals surface area contributed by atoms with E-state index in [0.717, 1.165) is 4.47 Å². The molecule has 20 heavy (non-hydrogen) atoms. The summed E-state index contributed by atoms with van der Waals surface area (Å²) in [6.45, 7) is 1.17. The van der Waals surface area contributed by atoms with Gasteiger partial charge in [0, 0.05) is 30.5 Å². The van der Waals surface area contributed by atoms with Crippen molar-refractivity contribution in [2.24, 2.45) is 5.92 Å². The number of hydrogen-bond acceptors (Lipinski definition) is 2. The average molecular weight is 360 g/mol. The molecule has 1 heterocycles. The van der Waals surface area contributed by atoms with Crippen LogP contribution in [0, 0.1) is 5.92 Å². The van der Waals surface area contributed by atoms with Gasteiger partial charge < -0.3 is 10.2 Å². The molecule has 1 N–H and O–H groups in total. The fraction of sp³-hybridized carbons (Fsp3) is 0.429. The number of likely N-dealkylation sites (tertiary alicyclic amines) is 1. The van der Waals surface area contributed by atoms with Crippen LogP contribution in [0.2, 0.25) is 5.02 Å². The molecule has 1 aromatic carbocycles. The standard InChI is InChI=1S/C14H16BrClN2O2/c1-17-13(19)9-4-6-18(7-5-9)14(20)11-8-10(15)2-3-12(11)16/h2-3,8-9H,4-7H2,1H3,(H,17,19). The first-order valence-electron chi connectivity index (χ1n) is 6.49. The molecule has 1 fully saturated rings. The highest BCUT2D eigenvalue weighted by molar-refractivity contribution is 9.10. The maximum atomic E-state index is 12.4. The molecule has 0 bridgehead atoms. The van der Waals surface area contributed by atoms with Crippen LogP contribution < -0.4 is 5.32 Å². The number of carbonyl (C=O) groups is 2. The van der Waals surface area contributed by atoms with E-state index in [1.54, 1.807) is 30.1 Å². The summed E-state index contributed by atoms with van der Waals surface area (Å²) in [6.07, 6.45) is 1.38. The lowest BCUT2D eigenvalue weighted by Gasteiger charge is -2.31. The summed E-state index contributed by atoms with van der Waals surface area (Å²) >= 11 is 9.42. The Balaban J connectivity index is 2.05. The monoisotopic (exact) mass is 358 g/mol. The summed E-state index contributed by atoms with van der Waals surface area (Å²) in [5, 5.41) is 3.11. The second-order valence-corrected chi connectivity index (χ2v) is 6.13. The van der Waals surface area contributed by atoms with Crippen LogP contribution in [0.15, 0.2) is 22.7 Å². The molecule has 0 aromatic heterocycles. The zero-order valence-corrected chi connectivity index (χ0v) is 13.5. The van der Waals surface area contributed by atoms with Crippen molar-refractivity contribution in [2.75, 3.05) is 20.1 Å². The van der Waals surface area contributed by atoms with E-state index >= 15 is 0 Å². The van der Waals surface area contributed by atoms with Crippen molar-refractivity contribution in [3.05, 3.63) is 33.3 Å². The Hall–Kier alpha value is -1.07. The van der Waals surface area contributed by atoms with Gasteiger partial charge in [-0.05, 0) is 31.0 Å². The average Bonchev–Trinajstić information content (AvgIpc) is 2.48. The fourth-order valence-electron chi connectivity index (χ4n) is 2.38. The molecule has 1 aromatic rings. The topological polar surface area (TPSA) is 49.4 Å². The molecule has 4 nitrogen and oxygen atoms in total. The number of piperidine rings is 1. The molecule has 0 unspecified atom stereocenters. The quantitative estimate of drug-likeness (QED) is 0.882. The Bertz CT molecular complexity index is 528. The smallest absolute Gasteiger partial charge is 0.255 e. The third-order valence-electron chi connectivity index (χ3n) is 3.56. The first kappa shape index (κ1) is 15.3. The summed E-state index contributed by atoms with van der Waals surface area (Å²) in [6, 6.07) is 5.24. The van der Waals surface area contributed by atoms with Crippen LogP contribution >= 0.6 is 27.5 Å². The second kappa shape index (κ2) is 6.59. The number of carbonyl (C=O) groups excluding carboxylic acids is 2. The molecule has 0 spiro atoms. The molecule has 6 heteroatoms. The van der Waals surface area contributed by atoms with Gasteiger partial charge in [0.25, 0.3) is 5.91 Å². The lowest BCUT2D eigenvalue weighted by atomic mass is 9.95. The SMILES string of the molecule is CNC(=O)C1CCN(C(=O)c2cc(Br)ccc2Cl)CC1. The summed E-state index contributed by atoms with van der Waals surface area (Å²) in [7, 11) is 1.64. The Kier molecular flexibility index (Phi) is 5.05. The van der Waals surface area contributed by atoms with Crippen molar-refractivity contribution in [1.29, 1.82) is 0 Å². The van der Waals surface area contributed by atoms with Crippen LogP contribution in [-0.2, 0) is 4.79 Å². The number of nitrogens with one attached hydrogen (secondary N) is 1. The van der Waals surface area contributed by atoms with Crippen molar-refractivity contribution in [2.45, 2.75) is 12.8 Å². The van der Waals surface area contributed by atoms with Crippen molar-refractivity contribution in [1.82, 2.24) is 10.2 Å². The van der Waals surface area contributed by atoms with Crippen LogP contribution in [-0.4, -0.2) is 36.9 Å². The normalized spacial score (nSPS) is 16.1. The van der Waals surface area contributed by atoms with Gasteiger partial charge in [-0.15, -0.1) is 0 Å². The lowest BCUT2D eigenvalue weighted by molar-refractivity contribution is -0.125. The first-order chi connectivity index (χ1) is 9.52. The van der Waals surface area contributed by atoms with Crippen molar-refractivity contribution in [3.8, 4) is 0 Å². The van der Waals surface area contributed by atoms with Crippen LogP contribution in [0.3, 0.4) is 0 Å². The number of hydrogen-bond donors (Lipinski definition) is 1. The largest absolute Gasteiger partial charge is 0.359 e. The minimum absolute atomic E-state index is 0.00188. The van der Waals surface area contributed by atoms with Crippen LogP contribution in [0.1, 0.15) is 23.2 Å².